The van der Waals surface area contributed by atoms with Crippen LogP contribution in [-0.4, -0.2) is 28.3 Å². The van der Waals surface area contributed by atoms with Crippen molar-refractivity contribution in [2.75, 3.05) is 6.16 Å². The molecule has 4 nitrogen and oxygen atoms in total. The Kier molecular flexibility index (Phi) is 30.3. The Morgan fingerprint density at radius 3 is 1.18 bits per heavy atom. The normalized spacial score (nSPS) is 9.09. The largest absolute Gasteiger partial charge is 0.481 e. The third kappa shape index (κ3) is 42.7. The Labute approximate surface area is 139 Å². The molecule has 0 aromatic carbocycles. The molecule has 0 amide bonds. The zero-order valence-electron chi connectivity index (χ0n) is 14.8. The molecule has 0 aliphatic rings. The lowest BCUT2D eigenvalue weighted by Gasteiger charge is -1.92. The molecule has 0 heterocycles. The van der Waals surface area contributed by atoms with Crippen molar-refractivity contribution in [1.29, 1.82) is 0 Å². The maximum Gasteiger partial charge on any atom is 0.303 e. The Morgan fingerprint density at radius 1 is 0.682 bits per heavy atom. The monoisotopic (exact) mass is 336 g/mol. The van der Waals surface area contributed by atoms with Crippen LogP contribution in [0.25, 0.3) is 0 Å². The second-order valence-corrected chi connectivity index (χ2v) is 5.77. The van der Waals surface area contributed by atoms with Crippen molar-refractivity contribution >= 4 is 21.2 Å². The Hall–Kier alpha value is -0.630. The lowest BCUT2D eigenvalue weighted by Crippen LogP contribution is -1.92. The zero-order chi connectivity index (χ0) is 17.6. The Morgan fingerprint density at radius 2 is 1.00 bits per heavy atom. The van der Waals surface area contributed by atoms with E-state index in [0.717, 1.165) is 38.5 Å². The average Bonchev–Trinajstić information content (AvgIpc) is 2.49. The highest BCUT2D eigenvalue weighted by atomic mass is 31.0. The first-order valence-corrected chi connectivity index (χ1v) is 9.41. The number of unbranched alkanes of at least 4 members (excludes halogenated alkanes) is 6. The molecule has 0 aliphatic carbocycles. The maximum absolute atomic E-state index is 9.96. The van der Waals surface area contributed by atoms with Crippen LogP contribution in [0.4, 0.5) is 0 Å². The summed E-state index contributed by atoms with van der Waals surface area (Å²) in [5.41, 5.74) is 0. The minimum absolute atomic E-state index is 0.333. The summed E-state index contributed by atoms with van der Waals surface area (Å²) in [4.78, 5) is 19.9. The summed E-state index contributed by atoms with van der Waals surface area (Å²) < 4.78 is 0. The first-order valence-electron chi connectivity index (χ1n) is 8.59. The molecule has 22 heavy (non-hydrogen) atoms. The molecular formula is C17H37O4P. The van der Waals surface area contributed by atoms with Crippen LogP contribution < -0.4 is 0 Å². The number of carboxylic acids is 2. The molecule has 0 bridgehead atoms. The number of rotatable bonds is 11. The molecule has 1 unspecified atom stereocenters. The molecule has 2 N–H and O–H groups in total. The summed E-state index contributed by atoms with van der Waals surface area (Å²) in [7, 11) is 2.66. The second-order valence-electron chi connectivity index (χ2n) is 5.20. The van der Waals surface area contributed by atoms with Gasteiger partial charge in [-0.05, 0) is 19.0 Å². The fraction of sp³-hybridized carbons (Fsp3) is 0.882. The number of hydrogen-bond donors (Lipinski definition) is 2. The first-order chi connectivity index (χ1) is 10.5. The topological polar surface area (TPSA) is 74.6 Å². The molecular weight excluding hydrogens is 299 g/mol. The van der Waals surface area contributed by atoms with Crippen LogP contribution in [0.5, 0.6) is 0 Å². The minimum Gasteiger partial charge on any atom is -0.481 e. The second kappa shape index (κ2) is 25.3. The predicted octanol–water partition coefficient (Wildman–Crippen LogP) is 5.35. The van der Waals surface area contributed by atoms with Crippen molar-refractivity contribution in [3.8, 4) is 0 Å². The maximum atomic E-state index is 9.96. The predicted molar refractivity (Wildman–Crippen MR) is 97.7 cm³/mol. The molecule has 0 spiro atoms. The van der Waals surface area contributed by atoms with E-state index in [1.807, 2.05) is 0 Å². The summed E-state index contributed by atoms with van der Waals surface area (Å²) in [5, 5.41) is 16.4. The van der Waals surface area contributed by atoms with Gasteiger partial charge in [0.1, 0.15) is 0 Å². The van der Waals surface area contributed by atoms with E-state index >= 15 is 0 Å². The van der Waals surface area contributed by atoms with Crippen LogP contribution in [0.1, 0.15) is 91.4 Å². The van der Waals surface area contributed by atoms with E-state index in [2.05, 4.69) is 30.0 Å². The van der Waals surface area contributed by atoms with Gasteiger partial charge in [-0.15, -0.1) is 9.24 Å². The highest BCUT2D eigenvalue weighted by Crippen LogP contribution is 2.01. The average molecular weight is 336 g/mol. The summed E-state index contributed by atoms with van der Waals surface area (Å²) in [6.45, 7) is 6.38. The molecule has 0 aromatic heterocycles. The SMILES string of the molecule is CCCCCCC(=O)O.CCCCCCC(=O)O.CCCP. The summed E-state index contributed by atoms with van der Waals surface area (Å²) in [6.07, 6.45) is 11.6. The Bertz CT molecular complexity index is 209. The van der Waals surface area contributed by atoms with E-state index in [1.54, 1.807) is 0 Å². The third-order valence-electron chi connectivity index (χ3n) is 2.78. The van der Waals surface area contributed by atoms with Gasteiger partial charge < -0.3 is 10.2 Å². The number of carboxylic acid groups (broad SMARTS) is 2. The third-order valence-corrected chi connectivity index (χ3v) is 3.35. The van der Waals surface area contributed by atoms with Gasteiger partial charge >= 0.3 is 11.9 Å². The van der Waals surface area contributed by atoms with Gasteiger partial charge in [-0.2, -0.15) is 0 Å². The van der Waals surface area contributed by atoms with Crippen molar-refractivity contribution in [2.24, 2.45) is 0 Å². The lowest BCUT2D eigenvalue weighted by molar-refractivity contribution is -0.138. The molecule has 0 radical (unpaired) electrons. The molecule has 0 aliphatic heterocycles. The molecule has 0 fully saturated rings. The smallest absolute Gasteiger partial charge is 0.303 e. The molecule has 0 saturated carbocycles. The van der Waals surface area contributed by atoms with E-state index in [-0.39, 0.29) is 0 Å². The van der Waals surface area contributed by atoms with Gasteiger partial charge in [0.25, 0.3) is 0 Å². The first kappa shape index (κ1) is 26.3. The van der Waals surface area contributed by atoms with Gasteiger partial charge in [0.05, 0.1) is 0 Å². The highest BCUT2D eigenvalue weighted by Gasteiger charge is 1.94. The highest BCUT2D eigenvalue weighted by molar-refractivity contribution is 7.16. The van der Waals surface area contributed by atoms with Gasteiger partial charge in [0, 0.05) is 12.8 Å². The Balaban J connectivity index is -0.000000266. The number of carbonyl (C=O) groups is 2. The fourth-order valence-electron chi connectivity index (χ4n) is 1.41. The minimum atomic E-state index is -0.675. The van der Waals surface area contributed by atoms with Crippen molar-refractivity contribution < 1.29 is 19.8 Å². The van der Waals surface area contributed by atoms with Gasteiger partial charge in [0.2, 0.25) is 0 Å². The van der Waals surface area contributed by atoms with Crippen LogP contribution in [0.3, 0.4) is 0 Å². The molecule has 5 heteroatoms. The number of hydrogen-bond acceptors (Lipinski definition) is 2. The lowest BCUT2D eigenvalue weighted by atomic mass is 10.2. The van der Waals surface area contributed by atoms with E-state index in [4.69, 9.17) is 10.2 Å². The molecule has 0 aromatic rings. The van der Waals surface area contributed by atoms with Crippen LogP contribution >= 0.6 is 9.24 Å². The fourth-order valence-corrected chi connectivity index (χ4v) is 1.41. The van der Waals surface area contributed by atoms with Crippen molar-refractivity contribution in [3.63, 3.8) is 0 Å². The van der Waals surface area contributed by atoms with Crippen LogP contribution in [0.15, 0.2) is 0 Å². The zero-order valence-corrected chi connectivity index (χ0v) is 15.9. The van der Waals surface area contributed by atoms with Crippen molar-refractivity contribution in [1.82, 2.24) is 0 Å². The van der Waals surface area contributed by atoms with Gasteiger partial charge in [0.15, 0.2) is 0 Å². The summed E-state index contributed by atoms with van der Waals surface area (Å²) in [5.74, 6) is -1.35. The van der Waals surface area contributed by atoms with E-state index in [1.165, 1.54) is 25.4 Å². The summed E-state index contributed by atoms with van der Waals surface area (Å²) >= 11 is 0. The van der Waals surface area contributed by atoms with Crippen LogP contribution in [0.2, 0.25) is 0 Å². The van der Waals surface area contributed by atoms with E-state index in [9.17, 15) is 9.59 Å². The molecule has 134 valence electrons. The van der Waals surface area contributed by atoms with Crippen LogP contribution in [-0.2, 0) is 9.59 Å². The van der Waals surface area contributed by atoms with Crippen molar-refractivity contribution in [2.45, 2.75) is 91.4 Å². The van der Waals surface area contributed by atoms with E-state index < -0.39 is 11.9 Å². The van der Waals surface area contributed by atoms with Crippen LogP contribution in [0, 0.1) is 0 Å². The van der Waals surface area contributed by atoms with Gasteiger partial charge in [-0.3, -0.25) is 9.59 Å². The van der Waals surface area contributed by atoms with Gasteiger partial charge in [-0.25, -0.2) is 0 Å². The summed E-state index contributed by atoms with van der Waals surface area (Å²) in [6, 6.07) is 0. The van der Waals surface area contributed by atoms with E-state index in [0.29, 0.717) is 12.8 Å². The quantitative estimate of drug-likeness (QED) is 0.394. The standard InChI is InChI=1S/2C7H14O2.C3H9P/c2*1-2-3-4-5-6-7(8)9;1-2-3-4/h2*2-6H2,1H3,(H,8,9);2-4H2,1H3. The molecule has 0 saturated heterocycles. The molecule has 1 atom stereocenters. The number of aliphatic carboxylic acids is 2. The van der Waals surface area contributed by atoms with Gasteiger partial charge in [-0.1, -0.05) is 65.7 Å². The van der Waals surface area contributed by atoms with Crippen molar-refractivity contribution in [3.05, 3.63) is 0 Å². The molecule has 0 rings (SSSR count).